The second-order valence-corrected chi connectivity index (χ2v) is 2.69. The van der Waals surface area contributed by atoms with Crippen LogP contribution in [-0.4, -0.2) is 14.5 Å². The zero-order valence-corrected chi connectivity index (χ0v) is 7.63. The van der Waals surface area contributed by atoms with E-state index in [0.717, 1.165) is 0 Å². The highest BCUT2D eigenvalue weighted by atomic mass is 35.5. The van der Waals surface area contributed by atoms with E-state index in [1.54, 1.807) is 6.92 Å². The second kappa shape index (κ2) is 3.28. The summed E-state index contributed by atoms with van der Waals surface area (Å²) < 4.78 is 1.35. The van der Waals surface area contributed by atoms with Gasteiger partial charge in [0.1, 0.15) is 0 Å². The summed E-state index contributed by atoms with van der Waals surface area (Å²) in [5.74, 6) is -0.400. The lowest BCUT2D eigenvalue weighted by Gasteiger charge is -1.94. The van der Waals surface area contributed by atoms with Crippen molar-refractivity contribution in [3.8, 4) is 0 Å². The van der Waals surface area contributed by atoms with E-state index in [2.05, 4.69) is 4.98 Å². The van der Waals surface area contributed by atoms with E-state index in [4.69, 9.17) is 23.2 Å². The quantitative estimate of drug-likeness (QED) is 0.554. The molecule has 5 nitrogen and oxygen atoms in total. The number of rotatable bonds is 2. The van der Waals surface area contributed by atoms with E-state index in [9.17, 15) is 10.1 Å². The molecule has 7 heteroatoms. The van der Waals surface area contributed by atoms with Gasteiger partial charge < -0.3 is 10.1 Å². The van der Waals surface area contributed by atoms with Gasteiger partial charge in [-0.05, 0) is 28.4 Å². The van der Waals surface area contributed by atoms with Crippen molar-refractivity contribution in [1.82, 2.24) is 9.55 Å². The molecule has 0 N–H and O–H groups in total. The molecule has 66 valence electrons. The van der Waals surface area contributed by atoms with Crippen LogP contribution in [0.3, 0.4) is 0 Å². The van der Waals surface area contributed by atoms with Crippen LogP contribution in [0.25, 0.3) is 0 Å². The predicted molar refractivity (Wildman–Crippen MR) is 44.6 cm³/mol. The molecule has 0 aliphatic heterocycles. The lowest BCUT2D eigenvalue weighted by molar-refractivity contribution is -0.389. The fourth-order valence-electron chi connectivity index (χ4n) is 0.781. The summed E-state index contributed by atoms with van der Waals surface area (Å²) in [6.07, 6.45) is 0. The van der Waals surface area contributed by atoms with E-state index in [1.165, 1.54) is 4.57 Å². The molecular formula is C5H5Cl2N3O2. The Hall–Kier alpha value is -0.810. The summed E-state index contributed by atoms with van der Waals surface area (Å²) in [6.45, 7) is 2.22. The molecule has 0 atom stereocenters. The van der Waals surface area contributed by atoms with Crippen LogP contribution in [0.4, 0.5) is 5.82 Å². The van der Waals surface area contributed by atoms with Crippen LogP contribution in [0.15, 0.2) is 0 Å². The van der Waals surface area contributed by atoms with Gasteiger partial charge in [-0.15, -0.1) is 0 Å². The Morgan fingerprint density at radius 3 is 2.50 bits per heavy atom. The third-order valence-corrected chi connectivity index (χ3v) is 1.99. The van der Waals surface area contributed by atoms with Crippen molar-refractivity contribution in [1.29, 1.82) is 0 Å². The second-order valence-electron chi connectivity index (χ2n) is 2.00. The Balaban J connectivity index is 3.26. The van der Waals surface area contributed by atoms with Crippen LogP contribution in [0.2, 0.25) is 10.4 Å². The highest BCUT2D eigenvalue weighted by molar-refractivity contribution is 6.34. The van der Waals surface area contributed by atoms with Crippen LogP contribution < -0.4 is 0 Å². The maximum atomic E-state index is 10.3. The first-order valence-electron chi connectivity index (χ1n) is 3.13. The number of hydrogen-bond donors (Lipinski definition) is 0. The van der Waals surface area contributed by atoms with Crippen molar-refractivity contribution in [2.75, 3.05) is 0 Å². The maximum absolute atomic E-state index is 10.3. The van der Waals surface area contributed by atoms with E-state index in [1.807, 2.05) is 0 Å². The first-order valence-corrected chi connectivity index (χ1v) is 3.89. The minimum Gasteiger partial charge on any atom is -0.358 e. The van der Waals surface area contributed by atoms with Gasteiger partial charge >= 0.3 is 11.1 Å². The summed E-state index contributed by atoms with van der Waals surface area (Å²) in [5.41, 5.74) is 0. The van der Waals surface area contributed by atoms with Crippen molar-refractivity contribution in [2.45, 2.75) is 13.5 Å². The zero-order valence-electron chi connectivity index (χ0n) is 6.12. The van der Waals surface area contributed by atoms with Gasteiger partial charge in [0.25, 0.3) is 0 Å². The van der Waals surface area contributed by atoms with Crippen LogP contribution in [0, 0.1) is 10.1 Å². The summed E-state index contributed by atoms with van der Waals surface area (Å²) in [4.78, 5) is 13.1. The van der Waals surface area contributed by atoms with E-state index in [0.29, 0.717) is 6.54 Å². The Morgan fingerprint density at radius 1 is 1.67 bits per heavy atom. The van der Waals surface area contributed by atoms with Gasteiger partial charge in [0.05, 0.1) is 0 Å². The van der Waals surface area contributed by atoms with Gasteiger partial charge in [0, 0.05) is 6.54 Å². The van der Waals surface area contributed by atoms with Crippen molar-refractivity contribution in [3.63, 3.8) is 0 Å². The molecule has 0 saturated carbocycles. The molecule has 0 aromatic carbocycles. The van der Waals surface area contributed by atoms with Crippen LogP contribution in [0.5, 0.6) is 0 Å². The normalized spacial score (nSPS) is 10.2. The summed E-state index contributed by atoms with van der Waals surface area (Å²) in [5, 5.41) is 10.3. The molecule has 0 amide bonds. The molecule has 1 rings (SSSR count). The third-order valence-electron chi connectivity index (χ3n) is 1.33. The van der Waals surface area contributed by atoms with Crippen molar-refractivity contribution in [3.05, 3.63) is 20.6 Å². The SMILES string of the molecule is CCn1c(Cl)nc([N+](=O)[O-])c1Cl. The predicted octanol–water partition coefficient (Wildman–Crippen LogP) is 2.12. The standard InChI is InChI=1S/C5H5Cl2N3O2/c1-2-9-3(6)4(10(11)12)8-5(9)7/h2H2,1H3. The Morgan fingerprint density at radius 2 is 2.25 bits per heavy atom. The molecule has 1 aromatic heterocycles. The molecule has 0 unspecified atom stereocenters. The monoisotopic (exact) mass is 209 g/mol. The first-order chi connectivity index (χ1) is 5.57. The van der Waals surface area contributed by atoms with Crippen molar-refractivity contribution >= 4 is 29.0 Å². The highest BCUT2D eigenvalue weighted by Crippen LogP contribution is 2.26. The minimum absolute atomic E-state index is 0.0347. The van der Waals surface area contributed by atoms with Crippen LogP contribution in [0.1, 0.15) is 6.92 Å². The molecule has 12 heavy (non-hydrogen) atoms. The lowest BCUT2D eigenvalue weighted by atomic mass is 10.7. The molecular weight excluding hydrogens is 205 g/mol. The lowest BCUT2D eigenvalue weighted by Crippen LogP contribution is -1.94. The van der Waals surface area contributed by atoms with E-state index in [-0.39, 0.29) is 10.4 Å². The fraction of sp³-hybridized carbons (Fsp3) is 0.400. The number of aromatic nitrogens is 2. The first kappa shape index (κ1) is 9.28. The minimum atomic E-state index is -0.666. The summed E-state index contributed by atoms with van der Waals surface area (Å²) >= 11 is 11.2. The highest BCUT2D eigenvalue weighted by Gasteiger charge is 2.23. The molecule has 0 saturated heterocycles. The Kier molecular flexibility index (Phi) is 2.54. The van der Waals surface area contributed by atoms with E-state index < -0.39 is 10.7 Å². The third kappa shape index (κ3) is 1.37. The van der Waals surface area contributed by atoms with Gasteiger partial charge in [-0.25, -0.2) is 0 Å². The molecule has 1 heterocycles. The Labute approximate surface area is 78.1 Å². The number of nitrogens with zero attached hydrogens (tertiary/aromatic N) is 3. The molecule has 0 radical (unpaired) electrons. The number of halogens is 2. The van der Waals surface area contributed by atoms with Gasteiger partial charge in [-0.3, -0.25) is 4.57 Å². The Bertz CT molecular complexity index is 323. The van der Waals surface area contributed by atoms with E-state index >= 15 is 0 Å². The molecule has 0 bridgehead atoms. The van der Waals surface area contributed by atoms with Gasteiger partial charge in [-0.2, -0.15) is 0 Å². The molecule has 0 spiro atoms. The fourth-order valence-corrected chi connectivity index (χ4v) is 1.42. The topological polar surface area (TPSA) is 61.0 Å². The average Bonchev–Trinajstić information content (AvgIpc) is 2.27. The van der Waals surface area contributed by atoms with Gasteiger partial charge in [-0.1, -0.05) is 11.6 Å². The summed E-state index contributed by atoms with van der Waals surface area (Å²) in [6, 6.07) is 0. The van der Waals surface area contributed by atoms with Gasteiger partial charge in [0.15, 0.2) is 0 Å². The summed E-state index contributed by atoms with van der Waals surface area (Å²) in [7, 11) is 0. The van der Waals surface area contributed by atoms with Crippen LogP contribution in [-0.2, 0) is 6.54 Å². The van der Waals surface area contributed by atoms with Crippen LogP contribution >= 0.6 is 23.2 Å². The maximum Gasteiger partial charge on any atom is 0.402 e. The zero-order chi connectivity index (χ0) is 9.30. The largest absolute Gasteiger partial charge is 0.402 e. The molecule has 0 fully saturated rings. The number of hydrogen-bond acceptors (Lipinski definition) is 3. The van der Waals surface area contributed by atoms with Crippen molar-refractivity contribution < 1.29 is 4.92 Å². The average molecular weight is 210 g/mol. The molecule has 0 aliphatic rings. The number of imidazole rings is 1. The smallest absolute Gasteiger partial charge is 0.358 e. The van der Waals surface area contributed by atoms with Gasteiger partial charge in [0.2, 0.25) is 5.15 Å². The number of nitro groups is 1. The van der Waals surface area contributed by atoms with Crippen molar-refractivity contribution in [2.24, 2.45) is 0 Å². The molecule has 0 aliphatic carbocycles. The molecule has 1 aromatic rings.